The van der Waals surface area contributed by atoms with Crippen molar-refractivity contribution in [3.8, 4) is 22.3 Å². The van der Waals surface area contributed by atoms with Crippen LogP contribution in [-0.2, 0) is 6.18 Å². The van der Waals surface area contributed by atoms with Crippen molar-refractivity contribution >= 4 is 23.1 Å². The molecular formula is C17H16F3N3OS2. The molecule has 0 saturated carbocycles. The van der Waals surface area contributed by atoms with Gasteiger partial charge in [-0.2, -0.15) is 13.2 Å². The van der Waals surface area contributed by atoms with Gasteiger partial charge in [0.1, 0.15) is 0 Å². The molecule has 0 fully saturated rings. The third-order valence-electron chi connectivity index (χ3n) is 3.38. The number of thiazole rings is 1. The number of thioether (sulfide) groups is 1. The lowest BCUT2D eigenvalue weighted by Crippen LogP contribution is -2.04. The average molecular weight is 399 g/mol. The second kappa shape index (κ2) is 7.32. The minimum Gasteiger partial charge on any atom is -0.480 e. The topological polar surface area (TPSA) is 39.9 Å². The molecule has 0 aliphatic heterocycles. The Kier molecular flexibility index (Phi) is 5.29. The Hall–Kier alpha value is -2.00. The van der Waals surface area contributed by atoms with Crippen molar-refractivity contribution in [3.05, 3.63) is 42.1 Å². The summed E-state index contributed by atoms with van der Waals surface area (Å²) in [6.45, 7) is 4.11. The van der Waals surface area contributed by atoms with Gasteiger partial charge >= 0.3 is 6.18 Å². The molecule has 0 atom stereocenters. The number of halogens is 3. The molecule has 2 heterocycles. The normalized spacial score (nSPS) is 12.0. The maximum absolute atomic E-state index is 12.8. The van der Waals surface area contributed by atoms with Crippen molar-refractivity contribution in [1.82, 2.24) is 14.8 Å². The smallest absolute Gasteiger partial charge is 0.416 e. The molecule has 2 aromatic heterocycles. The quantitative estimate of drug-likeness (QED) is 0.530. The Morgan fingerprint density at radius 1 is 1.15 bits per heavy atom. The van der Waals surface area contributed by atoms with Crippen molar-refractivity contribution in [1.29, 1.82) is 0 Å². The van der Waals surface area contributed by atoms with Gasteiger partial charge in [0.25, 0.3) is 0 Å². The minimum absolute atomic E-state index is 0.309. The Bertz CT molecular complexity index is 886. The van der Waals surface area contributed by atoms with Crippen molar-refractivity contribution in [2.45, 2.75) is 29.5 Å². The molecular weight excluding hydrogens is 383 g/mol. The van der Waals surface area contributed by atoms with Crippen LogP contribution in [0.1, 0.15) is 19.4 Å². The second-order valence-corrected chi connectivity index (χ2v) is 8.50. The van der Waals surface area contributed by atoms with Crippen LogP contribution in [0.2, 0.25) is 0 Å². The number of hydrogen-bond donors (Lipinski definition) is 0. The Morgan fingerprint density at radius 2 is 1.85 bits per heavy atom. The maximum Gasteiger partial charge on any atom is 0.416 e. The van der Waals surface area contributed by atoms with Gasteiger partial charge in [0.15, 0.2) is 0 Å². The average Bonchev–Trinajstić information content (AvgIpc) is 3.20. The fourth-order valence-corrected chi connectivity index (χ4v) is 4.66. The fraction of sp³-hybridized carbons (Fsp3) is 0.294. The van der Waals surface area contributed by atoms with E-state index in [1.807, 2.05) is 0 Å². The van der Waals surface area contributed by atoms with E-state index in [1.54, 1.807) is 28.7 Å². The lowest BCUT2D eigenvalue weighted by molar-refractivity contribution is -0.137. The second-order valence-electron chi connectivity index (χ2n) is 5.68. The van der Waals surface area contributed by atoms with Crippen molar-refractivity contribution in [2.24, 2.45) is 0 Å². The summed E-state index contributed by atoms with van der Waals surface area (Å²) in [6, 6.07) is 6.78. The Labute approximate surface area is 157 Å². The lowest BCUT2D eigenvalue weighted by atomic mass is 10.1. The van der Waals surface area contributed by atoms with E-state index in [2.05, 4.69) is 23.9 Å². The van der Waals surface area contributed by atoms with Crippen LogP contribution >= 0.6 is 23.1 Å². The number of rotatable bonds is 5. The summed E-state index contributed by atoms with van der Waals surface area (Å²) in [5.41, 5.74) is 0.626. The molecule has 138 valence electrons. The molecule has 0 bridgehead atoms. The van der Waals surface area contributed by atoms with Gasteiger partial charge in [0.2, 0.25) is 11.0 Å². The van der Waals surface area contributed by atoms with Crippen LogP contribution in [0.3, 0.4) is 0 Å². The zero-order chi connectivity index (χ0) is 18.9. The van der Waals surface area contributed by atoms with Crippen LogP contribution in [-0.4, -0.2) is 27.1 Å². The van der Waals surface area contributed by atoms with Crippen molar-refractivity contribution in [3.63, 3.8) is 0 Å². The number of ether oxygens (including phenoxy) is 1. The summed E-state index contributed by atoms with van der Waals surface area (Å²) in [6.07, 6.45) is -2.62. The first-order chi connectivity index (χ1) is 12.3. The van der Waals surface area contributed by atoms with Crippen LogP contribution in [0.25, 0.3) is 16.4 Å². The summed E-state index contributed by atoms with van der Waals surface area (Å²) < 4.78 is 46.0. The molecule has 0 amide bonds. The fourth-order valence-electron chi connectivity index (χ4n) is 2.21. The molecule has 0 spiro atoms. The van der Waals surface area contributed by atoms with Crippen LogP contribution in [0.4, 0.5) is 13.2 Å². The van der Waals surface area contributed by atoms with E-state index in [0.29, 0.717) is 27.5 Å². The molecule has 0 saturated heterocycles. The highest BCUT2D eigenvalue weighted by Crippen LogP contribution is 2.40. The number of nitrogens with zero attached hydrogens (tertiary/aromatic N) is 3. The molecule has 9 heteroatoms. The Balaban J connectivity index is 2.01. The standard InChI is InChI=1S/C17H16F3N3OS2/c1-10(2)25-15-14(11-4-6-12(7-5-11)17(18,19)20)21-16(26-15)23-9-8-13(22-23)24-3/h4-10H,1-3H3. The molecule has 1 aromatic carbocycles. The molecule has 3 aromatic rings. The summed E-state index contributed by atoms with van der Waals surface area (Å²) in [7, 11) is 1.53. The van der Waals surface area contributed by atoms with Crippen LogP contribution in [0.15, 0.2) is 40.7 Å². The van der Waals surface area contributed by atoms with Gasteiger partial charge in [-0.3, -0.25) is 0 Å². The first-order valence-corrected chi connectivity index (χ1v) is 9.42. The SMILES string of the molecule is COc1ccn(-c2nc(-c3ccc(C(F)(F)F)cc3)c(SC(C)C)s2)n1. The summed E-state index contributed by atoms with van der Waals surface area (Å²) in [5.74, 6) is 0.467. The van der Waals surface area contributed by atoms with E-state index < -0.39 is 11.7 Å². The van der Waals surface area contributed by atoms with Gasteiger partial charge in [0, 0.05) is 23.1 Å². The largest absolute Gasteiger partial charge is 0.480 e. The lowest BCUT2D eigenvalue weighted by Gasteiger charge is -2.08. The van der Waals surface area contributed by atoms with Crippen molar-refractivity contribution in [2.75, 3.05) is 7.11 Å². The third kappa shape index (κ3) is 4.04. The maximum atomic E-state index is 12.8. The number of alkyl halides is 3. The number of benzene rings is 1. The molecule has 0 aliphatic rings. The Morgan fingerprint density at radius 3 is 2.38 bits per heavy atom. The first kappa shape index (κ1) is 18.8. The predicted octanol–water partition coefficient (Wildman–Crippen LogP) is 5.52. The molecule has 0 N–H and O–H groups in total. The zero-order valence-electron chi connectivity index (χ0n) is 14.2. The van der Waals surface area contributed by atoms with Gasteiger partial charge in [-0.25, -0.2) is 9.67 Å². The van der Waals surface area contributed by atoms with Crippen LogP contribution < -0.4 is 4.74 Å². The van der Waals surface area contributed by atoms with E-state index in [1.165, 1.54) is 30.6 Å². The molecule has 0 radical (unpaired) electrons. The monoisotopic (exact) mass is 399 g/mol. The molecule has 26 heavy (non-hydrogen) atoms. The van der Waals surface area contributed by atoms with Crippen molar-refractivity contribution < 1.29 is 17.9 Å². The number of methoxy groups -OCH3 is 1. The van der Waals surface area contributed by atoms with E-state index in [0.717, 1.165) is 16.3 Å². The number of aromatic nitrogens is 3. The predicted molar refractivity (Wildman–Crippen MR) is 97.2 cm³/mol. The highest BCUT2D eigenvalue weighted by atomic mass is 32.2. The summed E-state index contributed by atoms with van der Waals surface area (Å²) in [5, 5.41) is 5.20. The van der Waals surface area contributed by atoms with E-state index in [9.17, 15) is 13.2 Å². The highest BCUT2D eigenvalue weighted by molar-refractivity contribution is 8.01. The van der Waals surface area contributed by atoms with Crippen LogP contribution in [0.5, 0.6) is 5.88 Å². The van der Waals surface area contributed by atoms with Gasteiger partial charge in [-0.05, 0) is 12.1 Å². The molecule has 0 aliphatic carbocycles. The van der Waals surface area contributed by atoms with Crippen LogP contribution in [0, 0.1) is 0 Å². The van der Waals surface area contributed by atoms with E-state index >= 15 is 0 Å². The third-order valence-corrected chi connectivity index (χ3v) is 5.64. The van der Waals surface area contributed by atoms with E-state index in [-0.39, 0.29) is 0 Å². The molecule has 4 nitrogen and oxygen atoms in total. The zero-order valence-corrected chi connectivity index (χ0v) is 15.9. The molecule has 3 rings (SSSR count). The number of hydrogen-bond acceptors (Lipinski definition) is 5. The van der Waals surface area contributed by atoms with Gasteiger partial charge in [-0.15, -0.1) is 16.9 Å². The summed E-state index contributed by atoms with van der Waals surface area (Å²) in [4.78, 5) is 4.60. The van der Waals surface area contributed by atoms with Gasteiger partial charge in [-0.1, -0.05) is 37.3 Å². The van der Waals surface area contributed by atoms with Gasteiger partial charge in [0.05, 0.1) is 22.6 Å². The first-order valence-electron chi connectivity index (χ1n) is 7.73. The van der Waals surface area contributed by atoms with E-state index in [4.69, 9.17) is 4.74 Å². The minimum atomic E-state index is -4.35. The molecule has 0 unspecified atom stereocenters. The summed E-state index contributed by atoms with van der Waals surface area (Å²) >= 11 is 3.06. The van der Waals surface area contributed by atoms with Gasteiger partial charge < -0.3 is 4.74 Å². The highest BCUT2D eigenvalue weighted by Gasteiger charge is 2.30.